The fourth-order valence-electron chi connectivity index (χ4n) is 2.86. The molecule has 0 bridgehead atoms. The first-order valence-corrected chi connectivity index (χ1v) is 9.14. The molecule has 0 heterocycles. The van der Waals surface area contributed by atoms with E-state index in [-0.39, 0.29) is 36.0 Å². The van der Waals surface area contributed by atoms with Gasteiger partial charge in [-0.2, -0.15) is 8.78 Å². The molecule has 0 fully saturated rings. The molecule has 2 aromatic rings. The smallest absolute Gasteiger partial charge is 0.387 e. The Morgan fingerprint density at radius 1 is 1.04 bits per heavy atom. The van der Waals surface area contributed by atoms with Gasteiger partial charge in [-0.1, -0.05) is 38.1 Å². The molecule has 0 saturated carbocycles. The molecule has 0 saturated heterocycles. The summed E-state index contributed by atoms with van der Waals surface area (Å²) in [5, 5.41) is 6.03. The maximum atomic E-state index is 13.1. The molecule has 0 aliphatic heterocycles. The number of alkyl halides is 2. The Morgan fingerprint density at radius 2 is 1.68 bits per heavy atom. The standard InChI is InChI=1S/C21H25F3N2O2/c1-14(2)20(16-5-7-17(22)8-6-16)26-13-19(27)25-12-11-15-3-9-18(10-4-15)28-21(23)24/h3-10,14,20-21,26H,11-13H2,1-2H3,(H,25,27)/t20-/m0/s1. The summed E-state index contributed by atoms with van der Waals surface area (Å²) in [6.07, 6.45) is 0.576. The minimum Gasteiger partial charge on any atom is -0.435 e. The van der Waals surface area contributed by atoms with Gasteiger partial charge in [-0.05, 0) is 47.7 Å². The summed E-state index contributed by atoms with van der Waals surface area (Å²) in [5.74, 6) is -0.108. The Morgan fingerprint density at radius 3 is 2.25 bits per heavy atom. The fraction of sp³-hybridized carbons (Fsp3) is 0.381. The van der Waals surface area contributed by atoms with E-state index in [1.807, 2.05) is 13.8 Å². The van der Waals surface area contributed by atoms with Crippen LogP contribution in [0.3, 0.4) is 0 Å². The quantitative estimate of drug-likeness (QED) is 0.639. The van der Waals surface area contributed by atoms with E-state index >= 15 is 0 Å². The highest BCUT2D eigenvalue weighted by molar-refractivity contribution is 5.78. The molecular formula is C21H25F3N2O2. The maximum Gasteiger partial charge on any atom is 0.387 e. The molecule has 0 unspecified atom stereocenters. The van der Waals surface area contributed by atoms with Crippen molar-refractivity contribution >= 4 is 5.91 Å². The molecule has 0 radical (unpaired) electrons. The fourth-order valence-corrected chi connectivity index (χ4v) is 2.86. The zero-order valence-corrected chi connectivity index (χ0v) is 15.9. The Balaban J connectivity index is 1.76. The molecule has 0 aromatic heterocycles. The third-order valence-electron chi connectivity index (χ3n) is 4.26. The van der Waals surface area contributed by atoms with Crippen LogP contribution in [-0.4, -0.2) is 25.6 Å². The molecule has 2 aromatic carbocycles. The Bertz CT molecular complexity index is 734. The number of benzene rings is 2. The lowest BCUT2D eigenvalue weighted by Crippen LogP contribution is -2.38. The molecular weight excluding hydrogens is 369 g/mol. The van der Waals surface area contributed by atoms with Gasteiger partial charge in [-0.25, -0.2) is 4.39 Å². The van der Waals surface area contributed by atoms with Crippen molar-refractivity contribution in [3.05, 3.63) is 65.5 Å². The van der Waals surface area contributed by atoms with Gasteiger partial charge < -0.3 is 15.4 Å². The van der Waals surface area contributed by atoms with Gasteiger partial charge in [0, 0.05) is 12.6 Å². The topological polar surface area (TPSA) is 50.4 Å². The number of carbonyl (C=O) groups is 1. The summed E-state index contributed by atoms with van der Waals surface area (Å²) in [6, 6.07) is 12.5. The van der Waals surface area contributed by atoms with E-state index < -0.39 is 6.61 Å². The van der Waals surface area contributed by atoms with Crippen molar-refractivity contribution < 1.29 is 22.7 Å². The van der Waals surface area contributed by atoms with Crippen LogP contribution in [0.2, 0.25) is 0 Å². The second-order valence-electron chi connectivity index (χ2n) is 6.78. The average molecular weight is 394 g/mol. The average Bonchev–Trinajstić information content (AvgIpc) is 2.64. The third-order valence-corrected chi connectivity index (χ3v) is 4.26. The van der Waals surface area contributed by atoms with E-state index in [0.29, 0.717) is 13.0 Å². The number of amides is 1. The minimum absolute atomic E-state index is 0.0614. The molecule has 0 aliphatic rings. The van der Waals surface area contributed by atoms with Crippen molar-refractivity contribution in [2.24, 2.45) is 5.92 Å². The summed E-state index contributed by atoms with van der Waals surface area (Å²) in [7, 11) is 0. The van der Waals surface area contributed by atoms with Gasteiger partial charge in [-0.15, -0.1) is 0 Å². The van der Waals surface area contributed by atoms with Crippen molar-refractivity contribution in [3.8, 4) is 5.75 Å². The van der Waals surface area contributed by atoms with Gasteiger partial charge in [-0.3, -0.25) is 4.79 Å². The van der Waals surface area contributed by atoms with Crippen molar-refractivity contribution in [3.63, 3.8) is 0 Å². The monoisotopic (exact) mass is 394 g/mol. The van der Waals surface area contributed by atoms with E-state index in [2.05, 4.69) is 15.4 Å². The number of halogens is 3. The zero-order valence-electron chi connectivity index (χ0n) is 15.9. The first kappa shape index (κ1) is 21.8. The van der Waals surface area contributed by atoms with Gasteiger partial charge in [0.15, 0.2) is 0 Å². The van der Waals surface area contributed by atoms with E-state index in [1.54, 1.807) is 24.3 Å². The molecule has 152 valence electrons. The van der Waals surface area contributed by atoms with Crippen LogP contribution in [0.4, 0.5) is 13.2 Å². The second-order valence-corrected chi connectivity index (χ2v) is 6.78. The Kier molecular flexibility index (Phi) is 8.32. The first-order valence-electron chi connectivity index (χ1n) is 9.14. The molecule has 28 heavy (non-hydrogen) atoms. The van der Waals surface area contributed by atoms with Gasteiger partial charge in [0.25, 0.3) is 0 Å². The molecule has 2 rings (SSSR count). The van der Waals surface area contributed by atoms with Gasteiger partial charge in [0.1, 0.15) is 11.6 Å². The SMILES string of the molecule is CC(C)[C@H](NCC(=O)NCCc1ccc(OC(F)F)cc1)c1ccc(F)cc1. The first-order chi connectivity index (χ1) is 13.3. The van der Waals surface area contributed by atoms with E-state index in [9.17, 15) is 18.0 Å². The van der Waals surface area contributed by atoms with Crippen LogP contribution < -0.4 is 15.4 Å². The second kappa shape index (κ2) is 10.7. The Hall–Kier alpha value is -2.54. The lowest BCUT2D eigenvalue weighted by molar-refractivity contribution is -0.120. The maximum absolute atomic E-state index is 13.1. The normalized spacial score (nSPS) is 12.2. The highest BCUT2D eigenvalue weighted by Gasteiger charge is 2.16. The molecule has 1 atom stereocenters. The van der Waals surface area contributed by atoms with Gasteiger partial charge >= 0.3 is 6.61 Å². The van der Waals surface area contributed by atoms with Crippen molar-refractivity contribution in [2.75, 3.05) is 13.1 Å². The van der Waals surface area contributed by atoms with Crippen LogP contribution >= 0.6 is 0 Å². The number of carbonyl (C=O) groups excluding carboxylic acids is 1. The van der Waals surface area contributed by atoms with E-state index in [0.717, 1.165) is 11.1 Å². The van der Waals surface area contributed by atoms with Gasteiger partial charge in [0.05, 0.1) is 6.54 Å². The summed E-state index contributed by atoms with van der Waals surface area (Å²) in [5.41, 5.74) is 1.83. The number of rotatable bonds is 10. The summed E-state index contributed by atoms with van der Waals surface area (Å²) < 4.78 is 41.6. The minimum atomic E-state index is -2.85. The van der Waals surface area contributed by atoms with Crippen LogP contribution in [0.25, 0.3) is 0 Å². The molecule has 0 aliphatic carbocycles. The largest absolute Gasteiger partial charge is 0.435 e. The zero-order chi connectivity index (χ0) is 20.5. The van der Waals surface area contributed by atoms with Crippen LogP contribution in [-0.2, 0) is 11.2 Å². The highest BCUT2D eigenvalue weighted by atomic mass is 19.3. The molecule has 1 amide bonds. The molecule has 0 spiro atoms. The van der Waals surface area contributed by atoms with E-state index in [1.165, 1.54) is 24.3 Å². The molecule has 2 N–H and O–H groups in total. The van der Waals surface area contributed by atoms with Crippen molar-refractivity contribution in [1.29, 1.82) is 0 Å². The number of nitrogens with one attached hydrogen (secondary N) is 2. The van der Waals surface area contributed by atoms with Crippen molar-refractivity contribution in [1.82, 2.24) is 10.6 Å². The lowest BCUT2D eigenvalue weighted by Gasteiger charge is -2.22. The van der Waals surface area contributed by atoms with Crippen LogP contribution in [0.15, 0.2) is 48.5 Å². The Labute approximate surface area is 163 Å². The molecule has 4 nitrogen and oxygen atoms in total. The lowest BCUT2D eigenvalue weighted by atomic mass is 9.96. The van der Waals surface area contributed by atoms with Gasteiger partial charge in [0.2, 0.25) is 5.91 Å². The molecule has 7 heteroatoms. The number of ether oxygens (including phenoxy) is 1. The van der Waals surface area contributed by atoms with Crippen LogP contribution in [0.5, 0.6) is 5.75 Å². The third kappa shape index (κ3) is 7.23. The summed E-state index contributed by atoms with van der Waals surface area (Å²) >= 11 is 0. The van der Waals surface area contributed by atoms with Crippen molar-refractivity contribution in [2.45, 2.75) is 32.9 Å². The van der Waals surface area contributed by atoms with E-state index in [4.69, 9.17) is 0 Å². The summed E-state index contributed by atoms with van der Waals surface area (Å²) in [4.78, 5) is 12.1. The predicted molar refractivity (Wildman–Crippen MR) is 102 cm³/mol. The summed E-state index contributed by atoms with van der Waals surface area (Å²) in [6.45, 7) is 1.78. The number of hydrogen-bond donors (Lipinski definition) is 2. The highest BCUT2D eigenvalue weighted by Crippen LogP contribution is 2.21. The predicted octanol–water partition coefficient (Wildman–Crippen LogP) is 4.07. The number of hydrogen-bond acceptors (Lipinski definition) is 3. The van der Waals surface area contributed by atoms with Crippen LogP contribution in [0.1, 0.15) is 31.0 Å². The van der Waals surface area contributed by atoms with Crippen LogP contribution in [0, 0.1) is 11.7 Å².